The van der Waals surface area contributed by atoms with Crippen molar-refractivity contribution in [3.8, 4) is 17.2 Å². The molecule has 0 aromatic heterocycles. The molecule has 0 saturated carbocycles. The first-order valence-corrected chi connectivity index (χ1v) is 11.2. The smallest absolute Gasteiger partial charge is 0.262 e. The molecule has 2 aromatic rings. The van der Waals surface area contributed by atoms with Crippen molar-refractivity contribution in [1.29, 1.82) is 0 Å². The maximum absolute atomic E-state index is 12.7. The van der Waals surface area contributed by atoms with E-state index in [2.05, 4.69) is 4.72 Å². The van der Waals surface area contributed by atoms with Crippen LogP contribution in [0.15, 0.2) is 46.2 Å². The van der Waals surface area contributed by atoms with Gasteiger partial charge in [-0.2, -0.15) is 0 Å². The summed E-state index contributed by atoms with van der Waals surface area (Å²) in [5, 5.41) is 10.00. The largest absolute Gasteiger partial charge is 0.506 e. The fraction of sp³-hybridized carbons (Fsp3) is 0.294. The zero-order valence-corrected chi connectivity index (χ0v) is 16.9. The third-order valence-electron chi connectivity index (χ3n) is 4.02. The Morgan fingerprint density at radius 3 is 2.25 bits per heavy atom. The first-order chi connectivity index (χ1) is 13.1. The minimum atomic E-state index is -4.12. The van der Waals surface area contributed by atoms with Crippen LogP contribution in [0, 0.1) is 0 Å². The van der Waals surface area contributed by atoms with Gasteiger partial charge < -0.3 is 14.6 Å². The molecule has 1 aliphatic rings. The van der Waals surface area contributed by atoms with Gasteiger partial charge >= 0.3 is 0 Å². The first-order valence-electron chi connectivity index (χ1n) is 8.29. The second-order valence-electron chi connectivity index (χ2n) is 6.23. The summed E-state index contributed by atoms with van der Waals surface area (Å²) in [4.78, 5) is -0.274. The van der Waals surface area contributed by atoms with Crippen LogP contribution >= 0.6 is 0 Å². The van der Waals surface area contributed by atoms with Gasteiger partial charge in [0, 0.05) is 26.6 Å². The standard InChI is InChI=1S/C17H20N2O7S2/c1-19(2)28(23,24)13-4-6-15(20)14(10-13)18-27(21,22)12-5-7-16-17(11-12)26-9-3-8-25-16/h4-7,10-11,18,20H,3,8-9H2,1-2H3. The molecule has 11 heteroatoms. The normalized spacial score (nSPS) is 14.5. The van der Waals surface area contributed by atoms with Gasteiger partial charge in [0.15, 0.2) is 11.5 Å². The van der Waals surface area contributed by atoms with Crippen LogP contribution in [0.1, 0.15) is 6.42 Å². The molecule has 152 valence electrons. The third-order valence-corrected chi connectivity index (χ3v) is 7.19. The summed E-state index contributed by atoms with van der Waals surface area (Å²) in [7, 11) is -5.22. The molecule has 0 amide bonds. The molecule has 0 aliphatic carbocycles. The van der Waals surface area contributed by atoms with Gasteiger partial charge in [-0.25, -0.2) is 21.1 Å². The quantitative estimate of drug-likeness (QED) is 0.694. The lowest BCUT2D eigenvalue weighted by Crippen LogP contribution is -2.22. The summed E-state index contributed by atoms with van der Waals surface area (Å²) in [5.41, 5.74) is -0.255. The lowest BCUT2D eigenvalue weighted by Gasteiger charge is -2.15. The molecular weight excluding hydrogens is 408 g/mol. The highest BCUT2D eigenvalue weighted by Gasteiger charge is 2.23. The molecule has 0 unspecified atom stereocenters. The van der Waals surface area contributed by atoms with Crippen molar-refractivity contribution in [3.05, 3.63) is 36.4 Å². The Balaban J connectivity index is 1.96. The molecule has 0 bridgehead atoms. The number of aromatic hydroxyl groups is 1. The minimum absolute atomic E-state index is 0.114. The van der Waals surface area contributed by atoms with Crippen LogP contribution in [0.4, 0.5) is 5.69 Å². The molecule has 1 heterocycles. The van der Waals surface area contributed by atoms with Gasteiger partial charge in [-0.15, -0.1) is 0 Å². The van der Waals surface area contributed by atoms with E-state index in [-0.39, 0.29) is 15.5 Å². The Kier molecular flexibility index (Phi) is 5.41. The van der Waals surface area contributed by atoms with Crippen LogP contribution in [-0.4, -0.2) is 53.6 Å². The Bertz CT molecular complexity index is 1100. The number of hydrogen-bond donors (Lipinski definition) is 2. The fourth-order valence-electron chi connectivity index (χ4n) is 2.48. The summed E-state index contributed by atoms with van der Waals surface area (Å²) < 4.78 is 64.2. The molecule has 0 radical (unpaired) electrons. The summed E-state index contributed by atoms with van der Waals surface area (Å²) in [6, 6.07) is 7.51. The van der Waals surface area contributed by atoms with Gasteiger partial charge in [0.25, 0.3) is 10.0 Å². The molecular formula is C17H20N2O7S2. The number of sulfonamides is 2. The van der Waals surface area contributed by atoms with Crippen molar-refractivity contribution >= 4 is 25.7 Å². The second kappa shape index (κ2) is 7.49. The molecule has 0 atom stereocenters. The number of benzene rings is 2. The number of rotatable bonds is 5. The van der Waals surface area contributed by atoms with Crippen LogP contribution in [0.3, 0.4) is 0 Å². The number of ether oxygens (including phenoxy) is 2. The number of nitrogens with one attached hydrogen (secondary N) is 1. The number of phenols is 1. The van der Waals surface area contributed by atoms with E-state index in [1.807, 2.05) is 0 Å². The van der Waals surface area contributed by atoms with Crippen LogP contribution in [0.2, 0.25) is 0 Å². The predicted octanol–water partition coefficient (Wildman–Crippen LogP) is 1.60. The van der Waals surface area contributed by atoms with Gasteiger partial charge in [-0.3, -0.25) is 4.72 Å². The zero-order valence-electron chi connectivity index (χ0n) is 15.2. The first kappa shape index (κ1) is 20.2. The highest BCUT2D eigenvalue weighted by Crippen LogP contribution is 2.34. The maximum Gasteiger partial charge on any atom is 0.262 e. The number of phenolic OH excluding ortho intramolecular Hbond substituents is 1. The number of hydrogen-bond acceptors (Lipinski definition) is 7. The molecule has 28 heavy (non-hydrogen) atoms. The Morgan fingerprint density at radius 1 is 0.929 bits per heavy atom. The summed E-state index contributed by atoms with van der Waals surface area (Å²) in [6.07, 6.45) is 0.677. The molecule has 2 N–H and O–H groups in total. The lowest BCUT2D eigenvalue weighted by atomic mass is 10.3. The highest BCUT2D eigenvalue weighted by molar-refractivity contribution is 7.92. The molecule has 3 rings (SSSR count). The van der Waals surface area contributed by atoms with E-state index in [0.29, 0.717) is 31.1 Å². The van der Waals surface area contributed by atoms with E-state index in [1.165, 1.54) is 38.4 Å². The van der Waals surface area contributed by atoms with Crippen molar-refractivity contribution in [3.63, 3.8) is 0 Å². The van der Waals surface area contributed by atoms with Crippen LogP contribution in [0.25, 0.3) is 0 Å². The number of anilines is 1. The molecule has 0 spiro atoms. The van der Waals surface area contributed by atoms with E-state index < -0.39 is 25.8 Å². The second-order valence-corrected chi connectivity index (χ2v) is 10.1. The molecule has 2 aromatic carbocycles. The average Bonchev–Trinajstić information content (AvgIpc) is 2.87. The topological polar surface area (TPSA) is 122 Å². The fourth-order valence-corrected chi connectivity index (χ4v) is 4.49. The molecule has 0 fully saturated rings. The van der Waals surface area contributed by atoms with Crippen molar-refractivity contribution < 1.29 is 31.4 Å². The van der Waals surface area contributed by atoms with E-state index in [9.17, 15) is 21.9 Å². The van der Waals surface area contributed by atoms with E-state index in [1.54, 1.807) is 0 Å². The van der Waals surface area contributed by atoms with E-state index in [0.717, 1.165) is 16.4 Å². The van der Waals surface area contributed by atoms with Gasteiger partial charge in [0.05, 0.1) is 28.7 Å². The van der Waals surface area contributed by atoms with Gasteiger partial charge in [0.2, 0.25) is 10.0 Å². The Hall–Kier alpha value is -2.50. The average molecular weight is 428 g/mol. The predicted molar refractivity (Wildman–Crippen MR) is 102 cm³/mol. The van der Waals surface area contributed by atoms with Gasteiger partial charge in [-0.1, -0.05) is 0 Å². The third kappa shape index (κ3) is 4.01. The van der Waals surface area contributed by atoms with Crippen LogP contribution in [0.5, 0.6) is 17.2 Å². The number of fused-ring (bicyclic) bond motifs is 1. The van der Waals surface area contributed by atoms with E-state index >= 15 is 0 Å². The van der Waals surface area contributed by atoms with Crippen molar-refractivity contribution in [2.45, 2.75) is 16.2 Å². The van der Waals surface area contributed by atoms with Crippen molar-refractivity contribution in [2.24, 2.45) is 0 Å². The lowest BCUT2D eigenvalue weighted by molar-refractivity contribution is 0.297. The molecule has 0 saturated heterocycles. The SMILES string of the molecule is CN(C)S(=O)(=O)c1ccc(O)c(NS(=O)(=O)c2ccc3c(c2)OCCCO3)c1. The minimum Gasteiger partial charge on any atom is -0.506 e. The monoisotopic (exact) mass is 428 g/mol. The summed E-state index contributed by atoms with van der Waals surface area (Å²) in [5.74, 6) is 0.336. The summed E-state index contributed by atoms with van der Waals surface area (Å²) in [6.45, 7) is 0.869. The summed E-state index contributed by atoms with van der Waals surface area (Å²) >= 11 is 0. The van der Waals surface area contributed by atoms with Crippen molar-refractivity contribution in [2.75, 3.05) is 32.0 Å². The Morgan fingerprint density at radius 2 is 1.57 bits per heavy atom. The van der Waals surface area contributed by atoms with Gasteiger partial charge in [0.1, 0.15) is 5.75 Å². The van der Waals surface area contributed by atoms with Crippen molar-refractivity contribution in [1.82, 2.24) is 4.31 Å². The maximum atomic E-state index is 12.7. The van der Waals surface area contributed by atoms with Crippen LogP contribution in [-0.2, 0) is 20.0 Å². The molecule has 1 aliphatic heterocycles. The highest BCUT2D eigenvalue weighted by atomic mass is 32.2. The molecule has 9 nitrogen and oxygen atoms in total. The zero-order chi connectivity index (χ0) is 20.5. The number of nitrogens with zero attached hydrogens (tertiary/aromatic N) is 1. The van der Waals surface area contributed by atoms with Gasteiger partial charge in [-0.05, 0) is 30.3 Å². The Labute approximate surface area is 163 Å². The van der Waals surface area contributed by atoms with E-state index in [4.69, 9.17) is 9.47 Å². The van der Waals surface area contributed by atoms with Crippen LogP contribution < -0.4 is 14.2 Å².